The first-order valence-electron chi connectivity index (χ1n) is 4.90. The van der Waals surface area contributed by atoms with Gasteiger partial charge in [0.15, 0.2) is 0 Å². The van der Waals surface area contributed by atoms with Crippen LogP contribution in [-0.4, -0.2) is 36.8 Å². The molecule has 0 spiro atoms. The summed E-state index contributed by atoms with van der Waals surface area (Å²) in [5.41, 5.74) is 0.479. The molecule has 3 heteroatoms. The van der Waals surface area contributed by atoms with Crippen LogP contribution in [0, 0.1) is 17.2 Å². The lowest BCUT2D eigenvalue weighted by Crippen LogP contribution is -2.16. The molecule has 0 rings (SSSR count). The molecule has 80 valence electrons. The van der Waals surface area contributed by atoms with Gasteiger partial charge in [-0.1, -0.05) is 19.9 Å². The second-order valence-electron chi connectivity index (χ2n) is 4.18. The molecule has 0 saturated heterocycles. The minimum Gasteiger partial charge on any atom is -0.388 e. The molecule has 0 radical (unpaired) electrons. The Bertz CT molecular complexity index is 226. The second kappa shape index (κ2) is 6.58. The average Bonchev–Trinajstić information content (AvgIpc) is 2.03. The van der Waals surface area contributed by atoms with Crippen LogP contribution in [0.15, 0.2) is 11.6 Å². The van der Waals surface area contributed by atoms with Crippen LogP contribution < -0.4 is 0 Å². The number of aliphatic hydroxyl groups is 1. The third kappa shape index (κ3) is 5.74. The lowest BCUT2D eigenvalue weighted by atomic mass is 10.00. The summed E-state index contributed by atoms with van der Waals surface area (Å²) in [7, 11) is 3.86. The van der Waals surface area contributed by atoms with Crippen molar-refractivity contribution in [2.45, 2.75) is 26.4 Å². The summed E-state index contributed by atoms with van der Waals surface area (Å²) < 4.78 is 0. The Balaban J connectivity index is 4.26. The fourth-order valence-corrected chi connectivity index (χ4v) is 1.11. The fourth-order valence-electron chi connectivity index (χ4n) is 1.11. The molecule has 0 aromatic heterocycles. The highest BCUT2D eigenvalue weighted by Gasteiger charge is 2.11. The molecular weight excluding hydrogens is 176 g/mol. The van der Waals surface area contributed by atoms with Crippen LogP contribution in [0.1, 0.15) is 20.3 Å². The van der Waals surface area contributed by atoms with E-state index in [1.165, 1.54) is 0 Å². The molecule has 0 aliphatic carbocycles. The first-order chi connectivity index (χ1) is 6.47. The van der Waals surface area contributed by atoms with Crippen LogP contribution >= 0.6 is 0 Å². The Kier molecular flexibility index (Phi) is 6.18. The summed E-state index contributed by atoms with van der Waals surface area (Å²) in [6, 6.07) is 2.05. The van der Waals surface area contributed by atoms with Crippen LogP contribution in [0.3, 0.4) is 0 Å². The van der Waals surface area contributed by atoms with Crippen molar-refractivity contribution in [3.8, 4) is 6.07 Å². The van der Waals surface area contributed by atoms with Crippen molar-refractivity contribution in [1.82, 2.24) is 4.90 Å². The number of rotatable bonds is 5. The number of hydrogen-bond acceptors (Lipinski definition) is 3. The van der Waals surface area contributed by atoms with Crippen LogP contribution in [0.4, 0.5) is 0 Å². The second-order valence-corrected chi connectivity index (χ2v) is 4.18. The van der Waals surface area contributed by atoms with E-state index in [4.69, 9.17) is 5.26 Å². The molecule has 0 aromatic carbocycles. The molecule has 0 aromatic rings. The lowest BCUT2D eigenvalue weighted by molar-refractivity contribution is 0.187. The van der Waals surface area contributed by atoms with Crippen molar-refractivity contribution in [2.24, 2.45) is 5.92 Å². The zero-order valence-corrected chi connectivity index (χ0v) is 9.49. The Morgan fingerprint density at radius 3 is 2.43 bits per heavy atom. The molecule has 0 bridgehead atoms. The van der Waals surface area contributed by atoms with Gasteiger partial charge in [-0.05, 0) is 26.4 Å². The van der Waals surface area contributed by atoms with Crippen LogP contribution in [0.5, 0.6) is 0 Å². The minimum absolute atomic E-state index is 0.404. The highest BCUT2D eigenvalue weighted by Crippen LogP contribution is 2.11. The van der Waals surface area contributed by atoms with Gasteiger partial charge in [-0.15, -0.1) is 0 Å². The van der Waals surface area contributed by atoms with Gasteiger partial charge in [0.1, 0.15) is 0 Å². The van der Waals surface area contributed by atoms with Gasteiger partial charge >= 0.3 is 0 Å². The minimum atomic E-state index is -0.611. The standard InChI is InChI=1S/C11H20N2O/c1-9(2)7-11(14)10(8-12)5-6-13(3)4/h5,9,11,14H,6-7H2,1-4H3/b10-5+. The van der Waals surface area contributed by atoms with E-state index in [1.807, 2.05) is 38.9 Å². The molecule has 1 unspecified atom stereocenters. The molecule has 1 N–H and O–H groups in total. The molecule has 0 fully saturated rings. The Hall–Kier alpha value is -0.850. The first-order valence-corrected chi connectivity index (χ1v) is 4.90. The Morgan fingerprint density at radius 1 is 1.50 bits per heavy atom. The maximum absolute atomic E-state index is 9.68. The van der Waals surface area contributed by atoms with E-state index in [0.29, 0.717) is 24.5 Å². The first kappa shape index (κ1) is 13.2. The molecule has 3 nitrogen and oxygen atoms in total. The highest BCUT2D eigenvalue weighted by atomic mass is 16.3. The maximum Gasteiger partial charge on any atom is 0.0971 e. The number of hydrogen-bond donors (Lipinski definition) is 1. The monoisotopic (exact) mass is 196 g/mol. The van der Waals surface area contributed by atoms with Crippen molar-refractivity contribution in [2.75, 3.05) is 20.6 Å². The van der Waals surface area contributed by atoms with Crippen LogP contribution in [0.25, 0.3) is 0 Å². The van der Waals surface area contributed by atoms with E-state index < -0.39 is 6.10 Å². The largest absolute Gasteiger partial charge is 0.388 e. The SMILES string of the molecule is CC(C)CC(O)/C(C#N)=C/CN(C)C. The lowest BCUT2D eigenvalue weighted by Gasteiger charge is -2.13. The van der Waals surface area contributed by atoms with Crippen molar-refractivity contribution in [3.63, 3.8) is 0 Å². The van der Waals surface area contributed by atoms with Gasteiger partial charge in [0.2, 0.25) is 0 Å². The molecule has 0 amide bonds. The van der Waals surface area contributed by atoms with Crippen LogP contribution in [-0.2, 0) is 0 Å². The zero-order valence-electron chi connectivity index (χ0n) is 9.49. The molecule has 0 aliphatic heterocycles. The van der Waals surface area contributed by atoms with Gasteiger partial charge in [-0.25, -0.2) is 0 Å². The molecule has 0 heterocycles. The molecule has 0 aliphatic rings. The summed E-state index contributed by atoms with van der Waals surface area (Å²) in [6.45, 7) is 4.76. The highest BCUT2D eigenvalue weighted by molar-refractivity contribution is 5.25. The van der Waals surface area contributed by atoms with Gasteiger partial charge in [0.25, 0.3) is 0 Å². The van der Waals surface area contributed by atoms with Crippen molar-refractivity contribution in [3.05, 3.63) is 11.6 Å². The number of nitrogens with zero attached hydrogens (tertiary/aromatic N) is 2. The molecule has 1 atom stereocenters. The van der Waals surface area contributed by atoms with Gasteiger partial charge in [0.05, 0.1) is 17.7 Å². The summed E-state index contributed by atoms with van der Waals surface area (Å²) in [6.07, 6.45) is 1.82. The van der Waals surface area contributed by atoms with E-state index in [9.17, 15) is 5.11 Å². The van der Waals surface area contributed by atoms with E-state index >= 15 is 0 Å². The van der Waals surface area contributed by atoms with Crippen molar-refractivity contribution >= 4 is 0 Å². The third-order valence-electron chi connectivity index (χ3n) is 1.86. The van der Waals surface area contributed by atoms with E-state index in [0.717, 1.165) is 0 Å². The van der Waals surface area contributed by atoms with E-state index in [-0.39, 0.29) is 0 Å². The van der Waals surface area contributed by atoms with Crippen molar-refractivity contribution in [1.29, 1.82) is 5.26 Å². The Labute approximate surface area is 86.6 Å². The van der Waals surface area contributed by atoms with Crippen molar-refractivity contribution < 1.29 is 5.11 Å². The summed E-state index contributed by atoms with van der Waals surface area (Å²) >= 11 is 0. The van der Waals surface area contributed by atoms with Gasteiger partial charge in [-0.2, -0.15) is 5.26 Å². The number of likely N-dealkylation sites (N-methyl/N-ethyl adjacent to an activating group) is 1. The maximum atomic E-state index is 9.68. The van der Waals surface area contributed by atoms with Crippen LogP contribution in [0.2, 0.25) is 0 Å². The van der Waals surface area contributed by atoms with E-state index in [1.54, 1.807) is 6.08 Å². The Morgan fingerprint density at radius 2 is 2.07 bits per heavy atom. The third-order valence-corrected chi connectivity index (χ3v) is 1.86. The number of nitriles is 1. The predicted octanol–water partition coefficient (Wildman–Crippen LogP) is 1.40. The quantitative estimate of drug-likeness (QED) is 0.676. The molecular formula is C11H20N2O. The molecule has 0 saturated carbocycles. The normalized spacial score (nSPS) is 14.6. The fraction of sp³-hybridized carbons (Fsp3) is 0.727. The average molecular weight is 196 g/mol. The number of aliphatic hydroxyl groups excluding tert-OH is 1. The van der Waals surface area contributed by atoms with Gasteiger partial charge in [-0.3, -0.25) is 0 Å². The summed E-state index contributed by atoms with van der Waals surface area (Å²) in [5.74, 6) is 0.404. The zero-order chi connectivity index (χ0) is 11.1. The summed E-state index contributed by atoms with van der Waals surface area (Å²) in [4.78, 5) is 1.96. The smallest absolute Gasteiger partial charge is 0.0971 e. The predicted molar refractivity (Wildman–Crippen MR) is 57.7 cm³/mol. The van der Waals surface area contributed by atoms with Gasteiger partial charge in [0, 0.05) is 6.54 Å². The van der Waals surface area contributed by atoms with E-state index in [2.05, 4.69) is 0 Å². The molecule has 14 heavy (non-hydrogen) atoms. The topological polar surface area (TPSA) is 47.3 Å². The summed E-state index contributed by atoms with van der Waals surface area (Å²) in [5, 5.41) is 18.5. The van der Waals surface area contributed by atoms with Gasteiger partial charge < -0.3 is 10.0 Å².